The largest absolute Gasteiger partial charge is 0.320 e. The number of benzene rings is 3. The molecule has 3 aromatic carbocycles. The lowest BCUT2D eigenvalue weighted by Gasteiger charge is -2.12. The maximum atomic E-state index is 13.1. The van der Waals surface area contributed by atoms with Gasteiger partial charge < -0.3 is 5.32 Å². The van der Waals surface area contributed by atoms with Crippen LogP contribution in [0.25, 0.3) is 16.8 Å². The molecule has 0 saturated heterocycles. The number of hydrogen-bond acceptors (Lipinski definition) is 3. The third kappa shape index (κ3) is 2.45. The number of para-hydroxylation sites is 2. The molecule has 0 radical (unpaired) electrons. The zero-order valence-electron chi connectivity index (χ0n) is 14.8. The maximum Gasteiger partial charge on any atom is 0.256 e. The second kappa shape index (κ2) is 6.32. The number of fused-ring (bicyclic) bond motifs is 3. The molecule has 0 unspecified atom stereocenters. The molecule has 1 heterocycles. The number of carbonyl (C=O) groups is 2. The summed E-state index contributed by atoms with van der Waals surface area (Å²) in [7, 11) is 0. The van der Waals surface area contributed by atoms with Crippen LogP contribution in [0, 0.1) is 0 Å². The van der Waals surface area contributed by atoms with E-state index in [9.17, 15) is 9.59 Å². The summed E-state index contributed by atoms with van der Waals surface area (Å²) in [6.07, 6.45) is 3.49. The Balaban J connectivity index is 1.55. The van der Waals surface area contributed by atoms with Gasteiger partial charge in [-0.2, -0.15) is 5.10 Å². The second-order valence-electron chi connectivity index (χ2n) is 6.52. The molecule has 1 aromatic heterocycles. The summed E-state index contributed by atoms with van der Waals surface area (Å²) in [6, 6.07) is 22.1. The molecule has 1 amide bonds. The fourth-order valence-electron chi connectivity index (χ4n) is 3.64. The summed E-state index contributed by atoms with van der Waals surface area (Å²) in [5.74, 6) is -0.436. The Bertz CT molecular complexity index is 1230. The van der Waals surface area contributed by atoms with Crippen LogP contribution in [0.2, 0.25) is 0 Å². The summed E-state index contributed by atoms with van der Waals surface area (Å²) in [5.41, 5.74) is 4.50. The Morgan fingerprint density at radius 3 is 2.39 bits per heavy atom. The van der Waals surface area contributed by atoms with Gasteiger partial charge >= 0.3 is 0 Å². The molecule has 5 rings (SSSR count). The van der Waals surface area contributed by atoms with Gasteiger partial charge in [-0.25, -0.2) is 4.68 Å². The molecule has 0 aliphatic heterocycles. The Labute approximate surface area is 161 Å². The van der Waals surface area contributed by atoms with Crippen LogP contribution in [0.4, 0.5) is 5.69 Å². The lowest BCUT2D eigenvalue weighted by molar-refractivity contribution is 0.0998. The van der Waals surface area contributed by atoms with E-state index in [1.165, 1.54) is 0 Å². The van der Waals surface area contributed by atoms with Crippen molar-refractivity contribution in [2.75, 3.05) is 5.32 Å². The average molecular weight is 365 g/mol. The van der Waals surface area contributed by atoms with Crippen LogP contribution in [0.15, 0.2) is 85.2 Å². The molecule has 5 nitrogen and oxygen atoms in total. The molecule has 4 aromatic rings. The third-order valence-corrected chi connectivity index (χ3v) is 4.90. The second-order valence-corrected chi connectivity index (χ2v) is 6.52. The molecule has 28 heavy (non-hydrogen) atoms. The van der Waals surface area contributed by atoms with Crippen LogP contribution in [0.5, 0.6) is 0 Å². The number of ketones is 1. The number of nitrogens with one attached hydrogen (secondary N) is 1. The first-order valence-electron chi connectivity index (χ1n) is 8.91. The van der Waals surface area contributed by atoms with Crippen molar-refractivity contribution in [3.8, 4) is 16.8 Å². The average Bonchev–Trinajstić information content (AvgIpc) is 3.36. The van der Waals surface area contributed by atoms with E-state index in [0.717, 1.165) is 16.8 Å². The van der Waals surface area contributed by atoms with Crippen molar-refractivity contribution in [1.82, 2.24) is 9.78 Å². The van der Waals surface area contributed by atoms with Gasteiger partial charge in [-0.15, -0.1) is 0 Å². The minimum atomic E-state index is -0.322. The van der Waals surface area contributed by atoms with E-state index in [1.54, 1.807) is 23.0 Å². The van der Waals surface area contributed by atoms with E-state index >= 15 is 0 Å². The first-order chi connectivity index (χ1) is 13.7. The quantitative estimate of drug-likeness (QED) is 0.517. The van der Waals surface area contributed by atoms with E-state index in [1.807, 2.05) is 66.9 Å². The van der Waals surface area contributed by atoms with E-state index in [4.69, 9.17) is 0 Å². The molecule has 134 valence electrons. The van der Waals surface area contributed by atoms with Crippen molar-refractivity contribution in [3.63, 3.8) is 0 Å². The fraction of sp³-hybridized carbons (Fsp3) is 0. The minimum absolute atomic E-state index is 0.114. The smallest absolute Gasteiger partial charge is 0.256 e. The number of hydrogen-bond donors (Lipinski definition) is 1. The molecular weight excluding hydrogens is 350 g/mol. The molecule has 0 bridgehead atoms. The third-order valence-electron chi connectivity index (χ3n) is 4.90. The first-order valence-corrected chi connectivity index (χ1v) is 8.91. The van der Waals surface area contributed by atoms with Gasteiger partial charge in [0.15, 0.2) is 5.78 Å². The van der Waals surface area contributed by atoms with Crippen LogP contribution in [0.3, 0.4) is 0 Å². The highest BCUT2D eigenvalue weighted by Gasteiger charge is 2.30. The number of anilines is 1. The minimum Gasteiger partial charge on any atom is -0.320 e. The van der Waals surface area contributed by atoms with Gasteiger partial charge in [-0.1, -0.05) is 48.5 Å². The van der Waals surface area contributed by atoms with Crippen molar-refractivity contribution in [1.29, 1.82) is 0 Å². The number of amides is 1. The van der Waals surface area contributed by atoms with Gasteiger partial charge in [0.2, 0.25) is 0 Å². The molecule has 1 aliphatic carbocycles. The van der Waals surface area contributed by atoms with E-state index in [2.05, 4.69) is 10.4 Å². The summed E-state index contributed by atoms with van der Waals surface area (Å²) >= 11 is 0. The highest BCUT2D eigenvalue weighted by Crippen LogP contribution is 2.38. The van der Waals surface area contributed by atoms with Gasteiger partial charge in [0.05, 0.1) is 16.9 Å². The van der Waals surface area contributed by atoms with Crippen LogP contribution in [0.1, 0.15) is 26.3 Å². The van der Waals surface area contributed by atoms with Gasteiger partial charge in [0.25, 0.3) is 5.91 Å². The normalized spacial score (nSPS) is 11.8. The molecule has 0 fully saturated rings. The van der Waals surface area contributed by atoms with Crippen LogP contribution in [-0.4, -0.2) is 21.5 Å². The van der Waals surface area contributed by atoms with Crippen molar-refractivity contribution >= 4 is 17.4 Å². The number of aromatic nitrogens is 2. The molecule has 1 N–H and O–H groups in total. The van der Waals surface area contributed by atoms with Crippen molar-refractivity contribution < 1.29 is 9.59 Å². The van der Waals surface area contributed by atoms with E-state index in [-0.39, 0.29) is 11.7 Å². The number of rotatable bonds is 3. The van der Waals surface area contributed by atoms with E-state index in [0.29, 0.717) is 22.4 Å². The molecule has 5 heteroatoms. The van der Waals surface area contributed by atoms with Crippen molar-refractivity contribution in [2.45, 2.75) is 0 Å². The topological polar surface area (TPSA) is 64.0 Å². The zero-order valence-corrected chi connectivity index (χ0v) is 14.8. The molecule has 1 aliphatic rings. The molecular formula is C23H15N3O2. The summed E-state index contributed by atoms with van der Waals surface area (Å²) in [4.78, 5) is 26.0. The molecule has 0 spiro atoms. The van der Waals surface area contributed by atoms with Gasteiger partial charge in [-0.05, 0) is 35.4 Å². The summed E-state index contributed by atoms with van der Waals surface area (Å²) < 4.78 is 1.69. The number of carbonyl (C=O) groups excluding carboxylic acids is 2. The van der Waals surface area contributed by atoms with Crippen LogP contribution < -0.4 is 5.32 Å². The Kier molecular flexibility index (Phi) is 3.66. The Morgan fingerprint density at radius 1 is 0.821 bits per heavy atom. The Morgan fingerprint density at radius 2 is 1.57 bits per heavy atom. The van der Waals surface area contributed by atoms with Crippen LogP contribution in [-0.2, 0) is 0 Å². The SMILES string of the molecule is O=C(Nc1ccccc1-n1cccn1)c1cccc2c1C(=O)c1ccccc1-2. The first kappa shape index (κ1) is 16.2. The monoisotopic (exact) mass is 365 g/mol. The summed E-state index contributed by atoms with van der Waals surface area (Å²) in [5, 5.41) is 7.18. The zero-order chi connectivity index (χ0) is 19.1. The molecule has 0 saturated carbocycles. The van der Waals surface area contributed by atoms with Gasteiger partial charge in [-0.3, -0.25) is 9.59 Å². The lowest BCUT2D eigenvalue weighted by Crippen LogP contribution is -2.17. The predicted octanol–water partition coefficient (Wildman–Crippen LogP) is 4.34. The fourth-order valence-corrected chi connectivity index (χ4v) is 3.64. The van der Waals surface area contributed by atoms with Crippen LogP contribution >= 0.6 is 0 Å². The van der Waals surface area contributed by atoms with E-state index < -0.39 is 0 Å². The van der Waals surface area contributed by atoms with Gasteiger partial charge in [0, 0.05) is 23.5 Å². The maximum absolute atomic E-state index is 13.1. The number of nitrogens with zero attached hydrogens (tertiary/aromatic N) is 2. The summed E-state index contributed by atoms with van der Waals surface area (Å²) in [6.45, 7) is 0. The predicted molar refractivity (Wildman–Crippen MR) is 107 cm³/mol. The van der Waals surface area contributed by atoms with Gasteiger partial charge in [0.1, 0.15) is 0 Å². The highest BCUT2D eigenvalue weighted by molar-refractivity contribution is 6.26. The van der Waals surface area contributed by atoms with Crippen molar-refractivity contribution in [2.24, 2.45) is 0 Å². The lowest BCUT2D eigenvalue weighted by atomic mass is 10.00. The Hall–Kier alpha value is -3.99. The standard InChI is InChI=1S/C23H15N3O2/c27-22-17-8-2-1-7-15(17)16-9-5-10-18(21(16)22)23(28)25-19-11-3-4-12-20(19)26-14-6-13-24-26/h1-14H,(H,25,28). The molecule has 0 atom stereocenters. The highest BCUT2D eigenvalue weighted by atomic mass is 16.2. The van der Waals surface area contributed by atoms with Crippen molar-refractivity contribution in [3.05, 3.63) is 102 Å².